The first-order chi connectivity index (χ1) is 16.3. The summed E-state index contributed by atoms with van der Waals surface area (Å²) in [5.74, 6) is -1.42. The van der Waals surface area contributed by atoms with Crippen LogP contribution in [0.1, 0.15) is 29.8 Å². The van der Waals surface area contributed by atoms with E-state index in [0.717, 1.165) is 11.3 Å². The van der Waals surface area contributed by atoms with Gasteiger partial charge in [0.15, 0.2) is 0 Å². The number of aliphatic carboxylic acids is 1. The zero-order valence-electron chi connectivity index (χ0n) is 18.7. The van der Waals surface area contributed by atoms with Crippen molar-refractivity contribution in [1.82, 2.24) is 20.0 Å². The fourth-order valence-corrected chi connectivity index (χ4v) is 4.15. The average Bonchev–Trinajstić information content (AvgIpc) is 3.30. The number of carbonyl (C=O) groups is 3. The maximum absolute atomic E-state index is 13.6. The normalized spacial score (nSPS) is 16.4. The predicted octanol–water partition coefficient (Wildman–Crippen LogP) is 3.56. The van der Waals surface area contributed by atoms with E-state index in [1.807, 2.05) is 31.2 Å². The molecular weight excluding hydrogens is 458 g/mol. The highest BCUT2D eigenvalue weighted by Crippen LogP contribution is 2.30. The van der Waals surface area contributed by atoms with E-state index in [9.17, 15) is 14.4 Å². The smallest absolute Gasteiger partial charge is 0.325 e. The van der Waals surface area contributed by atoms with Crippen molar-refractivity contribution >= 4 is 35.2 Å². The number of carbonyl (C=O) groups excluding carboxylic acids is 2. The van der Waals surface area contributed by atoms with Crippen LogP contribution in [0.3, 0.4) is 0 Å². The third kappa shape index (κ3) is 4.60. The van der Waals surface area contributed by atoms with E-state index in [2.05, 4.69) is 10.4 Å². The summed E-state index contributed by atoms with van der Waals surface area (Å²) < 4.78 is 1.65. The van der Waals surface area contributed by atoms with Crippen molar-refractivity contribution in [1.29, 1.82) is 0 Å². The van der Waals surface area contributed by atoms with Crippen molar-refractivity contribution in [2.45, 2.75) is 32.5 Å². The van der Waals surface area contributed by atoms with Crippen LogP contribution in [0.15, 0.2) is 60.9 Å². The van der Waals surface area contributed by atoms with E-state index in [1.165, 1.54) is 11.8 Å². The first-order valence-corrected chi connectivity index (χ1v) is 11.1. The van der Waals surface area contributed by atoms with Gasteiger partial charge in [0.05, 0.1) is 16.3 Å². The van der Waals surface area contributed by atoms with Crippen LogP contribution >= 0.6 is 11.6 Å². The minimum Gasteiger partial charge on any atom is -0.480 e. The predicted molar refractivity (Wildman–Crippen MR) is 127 cm³/mol. The van der Waals surface area contributed by atoms with E-state index >= 15 is 0 Å². The molecule has 1 aliphatic heterocycles. The van der Waals surface area contributed by atoms with Crippen molar-refractivity contribution in [3.63, 3.8) is 0 Å². The Bertz CT molecular complexity index is 1230. The number of urea groups is 1. The Kier molecular flexibility index (Phi) is 6.56. The van der Waals surface area contributed by atoms with Crippen LogP contribution in [0.4, 0.5) is 10.5 Å². The second-order valence-electron chi connectivity index (χ2n) is 8.15. The van der Waals surface area contributed by atoms with Crippen molar-refractivity contribution in [3.8, 4) is 5.69 Å². The molecule has 0 bridgehead atoms. The number of halogens is 1. The van der Waals surface area contributed by atoms with E-state index in [0.29, 0.717) is 11.3 Å². The molecule has 1 unspecified atom stereocenters. The second-order valence-corrected chi connectivity index (χ2v) is 8.55. The number of carboxylic acids is 1. The van der Waals surface area contributed by atoms with Crippen molar-refractivity contribution in [2.24, 2.45) is 0 Å². The van der Waals surface area contributed by atoms with Gasteiger partial charge in [-0.1, -0.05) is 29.8 Å². The third-order valence-electron chi connectivity index (χ3n) is 5.77. The maximum Gasteiger partial charge on any atom is 0.325 e. The van der Waals surface area contributed by atoms with Gasteiger partial charge in [0.2, 0.25) is 0 Å². The molecule has 0 saturated carbocycles. The van der Waals surface area contributed by atoms with Crippen LogP contribution in [0, 0.1) is 0 Å². The molecule has 10 heteroatoms. The van der Waals surface area contributed by atoms with Crippen LogP contribution in [0.25, 0.3) is 5.69 Å². The molecule has 3 amide bonds. The number of nitrogens with zero attached hydrogens (tertiary/aromatic N) is 4. The molecule has 2 N–H and O–H groups in total. The third-order valence-corrected chi connectivity index (χ3v) is 6.08. The van der Waals surface area contributed by atoms with E-state index in [-0.39, 0.29) is 30.1 Å². The number of anilines is 1. The Morgan fingerprint density at radius 3 is 2.62 bits per heavy atom. The maximum atomic E-state index is 13.6. The fraction of sp³-hybridized carbons (Fsp3) is 0.250. The Labute approximate surface area is 201 Å². The molecular formula is C24H24ClN5O4. The van der Waals surface area contributed by atoms with Crippen molar-refractivity contribution < 1.29 is 19.5 Å². The molecule has 0 radical (unpaired) electrons. The van der Waals surface area contributed by atoms with Gasteiger partial charge in [-0.2, -0.15) is 5.10 Å². The Morgan fingerprint density at radius 1 is 1.18 bits per heavy atom. The molecule has 0 spiro atoms. The highest BCUT2D eigenvalue weighted by atomic mass is 35.5. The van der Waals surface area contributed by atoms with Gasteiger partial charge in [-0.15, -0.1) is 0 Å². The van der Waals surface area contributed by atoms with Crippen molar-refractivity contribution in [3.05, 3.63) is 77.1 Å². The Morgan fingerprint density at radius 2 is 1.94 bits per heavy atom. The lowest BCUT2D eigenvalue weighted by atomic mass is 10.1. The van der Waals surface area contributed by atoms with Crippen LogP contribution in [-0.2, 0) is 11.3 Å². The molecule has 4 rings (SSSR count). The highest BCUT2D eigenvalue weighted by Gasteiger charge is 2.33. The largest absolute Gasteiger partial charge is 0.480 e. The van der Waals surface area contributed by atoms with Crippen LogP contribution < -0.4 is 10.2 Å². The number of carboxylic acid groups (broad SMARTS) is 1. The molecule has 1 aliphatic rings. The lowest BCUT2D eigenvalue weighted by Gasteiger charge is -2.30. The van der Waals surface area contributed by atoms with Gasteiger partial charge in [0.25, 0.3) is 5.91 Å². The average molecular weight is 482 g/mol. The number of amides is 3. The molecule has 3 aromatic rings. The molecule has 176 valence electrons. The van der Waals surface area contributed by atoms with Gasteiger partial charge in [0, 0.05) is 37.2 Å². The molecule has 9 nitrogen and oxygen atoms in total. The van der Waals surface area contributed by atoms with Gasteiger partial charge < -0.3 is 20.2 Å². The van der Waals surface area contributed by atoms with Crippen LogP contribution in [0.5, 0.6) is 0 Å². The molecule has 0 saturated heterocycles. The SMILES string of the molecule is CC(NC(=O)N1Cc2ccccc2N(C(=O)c2ccc(-n3cccn3)cc2Cl)C[C@H]1C)C(=O)O. The molecule has 2 heterocycles. The summed E-state index contributed by atoms with van der Waals surface area (Å²) in [5.41, 5.74) is 2.50. The van der Waals surface area contributed by atoms with Gasteiger partial charge in [-0.3, -0.25) is 9.59 Å². The Balaban J connectivity index is 1.65. The number of fused-ring (bicyclic) bond motifs is 1. The number of aromatic nitrogens is 2. The summed E-state index contributed by atoms with van der Waals surface area (Å²) in [6, 6.07) is 12.3. The second kappa shape index (κ2) is 9.56. The first kappa shape index (κ1) is 23.3. The topological polar surface area (TPSA) is 108 Å². The molecule has 34 heavy (non-hydrogen) atoms. The number of benzene rings is 2. The van der Waals surface area contributed by atoms with Gasteiger partial charge in [-0.05, 0) is 49.7 Å². The summed E-state index contributed by atoms with van der Waals surface area (Å²) in [7, 11) is 0. The number of para-hydroxylation sites is 1. The van der Waals surface area contributed by atoms with E-state index in [4.69, 9.17) is 16.7 Å². The summed E-state index contributed by atoms with van der Waals surface area (Å²) in [6.07, 6.45) is 3.44. The van der Waals surface area contributed by atoms with E-state index < -0.39 is 18.0 Å². The molecule has 1 aromatic heterocycles. The van der Waals surface area contributed by atoms with E-state index in [1.54, 1.807) is 46.2 Å². The molecule has 2 atom stereocenters. The number of rotatable bonds is 4. The summed E-state index contributed by atoms with van der Waals surface area (Å²) in [6.45, 7) is 3.66. The quantitative estimate of drug-likeness (QED) is 0.592. The highest BCUT2D eigenvalue weighted by molar-refractivity contribution is 6.34. The van der Waals surface area contributed by atoms with Gasteiger partial charge >= 0.3 is 12.0 Å². The fourth-order valence-electron chi connectivity index (χ4n) is 3.89. The zero-order valence-corrected chi connectivity index (χ0v) is 19.4. The standard InChI is InChI=1S/C24H24ClN5O4/c1-15-13-29(22(31)19-9-8-18(12-20(19)25)30-11-5-10-26-30)21-7-4-3-6-17(21)14-28(15)24(34)27-16(2)23(32)33/h3-12,15-16H,13-14H2,1-2H3,(H,27,34)(H,32,33)/t15-,16?/m1/s1. The molecule has 2 aromatic carbocycles. The first-order valence-electron chi connectivity index (χ1n) is 10.8. The molecule has 0 fully saturated rings. The lowest BCUT2D eigenvalue weighted by molar-refractivity contribution is -0.138. The number of hydrogen-bond donors (Lipinski definition) is 2. The summed E-state index contributed by atoms with van der Waals surface area (Å²) >= 11 is 6.51. The van der Waals surface area contributed by atoms with Gasteiger partial charge in [0.1, 0.15) is 6.04 Å². The van der Waals surface area contributed by atoms with Crippen molar-refractivity contribution in [2.75, 3.05) is 11.4 Å². The summed E-state index contributed by atoms with van der Waals surface area (Å²) in [5, 5.41) is 16.1. The Hall–Kier alpha value is -3.85. The lowest BCUT2D eigenvalue weighted by Crippen LogP contribution is -2.51. The minimum atomic E-state index is -1.12. The monoisotopic (exact) mass is 481 g/mol. The van der Waals surface area contributed by atoms with Crippen LogP contribution in [-0.4, -0.2) is 56.3 Å². The summed E-state index contributed by atoms with van der Waals surface area (Å²) in [4.78, 5) is 40.8. The van der Waals surface area contributed by atoms with Gasteiger partial charge in [-0.25, -0.2) is 9.48 Å². The number of hydrogen-bond acceptors (Lipinski definition) is 4. The molecule has 0 aliphatic carbocycles. The minimum absolute atomic E-state index is 0.210. The number of nitrogens with one attached hydrogen (secondary N) is 1. The van der Waals surface area contributed by atoms with Crippen LogP contribution in [0.2, 0.25) is 5.02 Å². The zero-order chi connectivity index (χ0) is 24.4.